The Morgan fingerprint density at radius 3 is 2.27 bits per heavy atom. The number of benzene rings is 2. The van der Waals surface area contributed by atoms with Gasteiger partial charge in [-0.2, -0.15) is 4.31 Å². The van der Waals surface area contributed by atoms with Crippen LogP contribution in [0.1, 0.15) is 30.4 Å². The number of hydrogen-bond donors (Lipinski definition) is 0. The van der Waals surface area contributed by atoms with E-state index in [2.05, 4.69) is 12.1 Å². The molecule has 4 heteroatoms. The quantitative estimate of drug-likeness (QED) is 0.868. The van der Waals surface area contributed by atoms with Crippen molar-refractivity contribution in [2.75, 3.05) is 6.54 Å². The van der Waals surface area contributed by atoms with Crippen molar-refractivity contribution < 1.29 is 8.42 Å². The first-order chi connectivity index (χ1) is 10.5. The molecule has 2 atom stereocenters. The third-order valence-electron chi connectivity index (χ3n) is 4.42. The lowest BCUT2D eigenvalue weighted by molar-refractivity contribution is 0.407. The molecule has 0 N–H and O–H groups in total. The Hall–Kier alpha value is -1.65. The highest BCUT2D eigenvalue weighted by Crippen LogP contribution is 2.35. The first kappa shape index (κ1) is 15.3. The van der Waals surface area contributed by atoms with Gasteiger partial charge in [0.1, 0.15) is 0 Å². The minimum absolute atomic E-state index is 0.0245. The van der Waals surface area contributed by atoms with E-state index in [1.165, 1.54) is 5.56 Å². The standard InChI is InChI=1S/C18H21NO2S/c1-14-8-10-18(11-9-14)22(20,21)19-13-17(12-15(19)2)16-6-4-3-5-7-16/h3-11,15,17H,12-13H2,1-2H3/t15-,17+/m0/s1. The molecule has 0 spiro atoms. The fourth-order valence-electron chi connectivity index (χ4n) is 3.15. The molecular formula is C18H21NO2S. The van der Waals surface area contributed by atoms with Crippen molar-refractivity contribution in [3.8, 4) is 0 Å². The molecule has 0 saturated carbocycles. The molecule has 0 unspecified atom stereocenters. The minimum Gasteiger partial charge on any atom is -0.207 e. The second-order valence-electron chi connectivity index (χ2n) is 6.08. The third-order valence-corrected chi connectivity index (χ3v) is 6.41. The van der Waals surface area contributed by atoms with E-state index in [0.717, 1.165) is 12.0 Å². The van der Waals surface area contributed by atoms with Gasteiger partial charge in [-0.3, -0.25) is 0 Å². The predicted molar refractivity (Wildman–Crippen MR) is 88.3 cm³/mol. The van der Waals surface area contributed by atoms with E-state index in [4.69, 9.17) is 0 Å². The first-order valence-electron chi connectivity index (χ1n) is 7.62. The van der Waals surface area contributed by atoms with Gasteiger partial charge in [-0.15, -0.1) is 0 Å². The third kappa shape index (κ3) is 2.81. The van der Waals surface area contributed by atoms with Gasteiger partial charge in [0.05, 0.1) is 4.90 Å². The topological polar surface area (TPSA) is 37.4 Å². The van der Waals surface area contributed by atoms with Crippen LogP contribution in [0.5, 0.6) is 0 Å². The van der Waals surface area contributed by atoms with Gasteiger partial charge < -0.3 is 0 Å². The van der Waals surface area contributed by atoms with Gasteiger partial charge in [0.2, 0.25) is 10.0 Å². The molecule has 22 heavy (non-hydrogen) atoms. The van der Waals surface area contributed by atoms with E-state index < -0.39 is 10.0 Å². The molecule has 0 bridgehead atoms. The first-order valence-corrected chi connectivity index (χ1v) is 9.06. The lowest BCUT2D eigenvalue weighted by Crippen LogP contribution is -2.33. The molecule has 3 nitrogen and oxygen atoms in total. The maximum atomic E-state index is 12.9. The molecule has 1 saturated heterocycles. The van der Waals surface area contributed by atoms with Crippen molar-refractivity contribution in [1.29, 1.82) is 0 Å². The molecule has 116 valence electrons. The number of nitrogens with zero attached hydrogens (tertiary/aromatic N) is 1. The molecule has 1 aliphatic rings. The van der Waals surface area contributed by atoms with Crippen LogP contribution >= 0.6 is 0 Å². The fraction of sp³-hybridized carbons (Fsp3) is 0.333. The second kappa shape index (κ2) is 5.86. The number of sulfonamides is 1. The molecule has 1 heterocycles. The summed E-state index contributed by atoms with van der Waals surface area (Å²) in [5, 5.41) is 0. The minimum atomic E-state index is -3.41. The summed E-state index contributed by atoms with van der Waals surface area (Å²) in [6.45, 7) is 4.51. The number of rotatable bonds is 3. The summed E-state index contributed by atoms with van der Waals surface area (Å²) in [6.07, 6.45) is 0.870. The van der Waals surface area contributed by atoms with E-state index in [-0.39, 0.29) is 12.0 Å². The monoisotopic (exact) mass is 315 g/mol. The fourth-order valence-corrected chi connectivity index (χ4v) is 4.84. The summed E-state index contributed by atoms with van der Waals surface area (Å²) in [7, 11) is -3.41. The summed E-state index contributed by atoms with van der Waals surface area (Å²) in [5.74, 6) is 0.274. The summed E-state index contributed by atoms with van der Waals surface area (Å²) < 4.78 is 27.4. The van der Waals surface area contributed by atoms with Crippen LogP contribution in [0.25, 0.3) is 0 Å². The van der Waals surface area contributed by atoms with Crippen molar-refractivity contribution >= 4 is 10.0 Å². The summed E-state index contributed by atoms with van der Waals surface area (Å²) in [4.78, 5) is 0.388. The normalized spacial score (nSPS) is 22.8. The van der Waals surface area contributed by atoms with Gasteiger partial charge in [0, 0.05) is 12.6 Å². The van der Waals surface area contributed by atoms with Crippen molar-refractivity contribution in [2.24, 2.45) is 0 Å². The van der Waals surface area contributed by atoms with Crippen molar-refractivity contribution in [3.63, 3.8) is 0 Å². The zero-order valence-corrected chi connectivity index (χ0v) is 13.8. The van der Waals surface area contributed by atoms with Gasteiger partial charge >= 0.3 is 0 Å². The molecule has 3 rings (SSSR count). The number of aryl methyl sites for hydroxylation is 1. The van der Waals surface area contributed by atoms with Gasteiger partial charge in [0.25, 0.3) is 0 Å². The SMILES string of the molecule is Cc1ccc(S(=O)(=O)N2C[C@H](c3ccccc3)C[C@@H]2C)cc1. The lowest BCUT2D eigenvalue weighted by atomic mass is 9.97. The van der Waals surface area contributed by atoms with Crippen molar-refractivity contribution in [2.45, 2.75) is 37.1 Å². The zero-order valence-electron chi connectivity index (χ0n) is 12.9. The molecule has 2 aromatic carbocycles. The number of hydrogen-bond acceptors (Lipinski definition) is 2. The van der Waals surface area contributed by atoms with Gasteiger partial charge in [-0.1, -0.05) is 48.0 Å². The summed E-state index contributed by atoms with van der Waals surface area (Å²) >= 11 is 0. The Kier molecular flexibility index (Phi) is 4.06. The van der Waals surface area contributed by atoms with Crippen LogP contribution in [0.3, 0.4) is 0 Å². The van der Waals surface area contributed by atoms with Gasteiger partial charge in [0.15, 0.2) is 0 Å². The van der Waals surface area contributed by atoms with Crippen LogP contribution in [0.4, 0.5) is 0 Å². The van der Waals surface area contributed by atoms with Crippen molar-refractivity contribution in [1.82, 2.24) is 4.31 Å². The average Bonchev–Trinajstić information content (AvgIpc) is 2.91. The molecule has 2 aromatic rings. The van der Waals surface area contributed by atoms with E-state index in [0.29, 0.717) is 11.4 Å². The van der Waals surface area contributed by atoms with E-state index in [9.17, 15) is 8.42 Å². The van der Waals surface area contributed by atoms with Crippen LogP contribution < -0.4 is 0 Å². The van der Waals surface area contributed by atoms with E-state index in [1.54, 1.807) is 16.4 Å². The van der Waals surface area contributed by atoms with Crippen LogP contribution in [0, 0.1) is 6.92 Å². The van der Waals surface area contributed by atoms with E-state index in [1.807, 2.05) is 44.2 Å². The van der Waals surface area contributed by atoms with Gasteiger partial charge in [-0.25, -0.2) is 8.42 Å². The Morgan fingerprint density at radius 2 is 1.64 bits per heavy atom. The maximum Gasteiger partial charge on any atom is 0.243 e. The van der Waals surface area contributed by atoms with Crippen LogP contribution in [0.2, 0.25) is 0 Å². The second-order valence-corrected chi connectivity index (χ2v) is 7.97. The maximum absolute atomic E-state index is 12.9. The highest BCUT2D eigenvalue weighted by Gasteiger charge is 2.38. The van der Waals surface area contributed by atoms with Crippen LogP contribution in [-0.4, -0.2) is 25.3 Å². The lowest BCUT2D eigenvalue weighted by Gasteiger charge is -2.21. The molecule has 0 aromatic heterocycles. The molecule has 0 radical (unpaired) electrons. The Morgan fingerprint density at radius 1 is 1.00 bits per heavy atom. The average molecular weight is 315 g/mol. The largest absolute Gasteiger partial charge is 0.243 e. The Balaban J connectivity index is 1.87. The van der Waals surface area contributed by atoms with Gasteiger partial charge in [-0.05, 0) is 43.9 Å². The highest BCUT2D eigenvalue weighted by molar-refractivity contribution is 7.89. The molecule has 0 amide bonds. The molecule has 1 fully saturated rings. The van der Waals surface area contributed by atoms with E-state index >= 15 is 0 Å². The summed E-state index contributed by atoms with van der Waals surface area (Å²) in [5.41, 5.74) is 2.28. The predicted octanol–water partition coefficient (Wildman–Crippen LogP) is 3.56. The smallest absolute Gasteiger partial charge is 0.207 e. The molecule has 1 aliphatic heterocycles. The van der Waals surface area contributed by atoms with Crippen LogP contribution in [-0.2, 0) is 10.0 Å². The Bertz CT molecular complexity index is 738. The zero-order chi connectivity index (χ0) is 15.7. The van der Waals surface area contributed by atoms with Crippen molar-refractivity contribution in [3.05, 3.63) is 65.7 Å². The van der Waals surface area contributed by atoms with Crippen LogP contribution in [0.15, 0.2) is 59.5 Å². The molecular weight excluding hydrogens is 294 g/mol. The molecule has 0 aliphatic carbocycles. The highest BCUT2D eigenvalue weighted by atomic mass is 32.2. The summed E-state index contributed by atoms with van der Waals surface area (Å²) in [6, 6.07) is 17.3. The Labute approximate surface area is 132 Å².